The second-order valence-corrected chi connectivity index (χ2v) is 3.90. The molecule has 2 N–H and O–H groups in total. The van der Waals surface area contributed by atoms with Crippen molar-refractivity contribution in [1.82, 2.24) is 15.3 Å². The smallest absolute Gasteiger partial charge is 0.255 e. The molecule has 0 bridgehead atoms. The number of hydrogen-bond acceptors (Lipinski definition) is 5. The standard InChI is InChI=1S/C11H17N3O3/c1-16-4-5-17-3-2-10-13-9-7-12-6-8(9)11(15)14-10/h12H,2-7H2,1H3,(H,13,14,15). The molecule has 94 valence electrons. The number of nitrogens with zero attached hydrogens (tertiary/aromatic N) is 1. The lowest BCUT2D eigenvalue weighted by Crippen LogP contribution is -2.18. The van der Waals surface area contributed by atoms with Gasteiger partial charge in [0, 0.05) is 26.6 Å². The van der Waals surface area contributed by atoms with Gasteiger partial charge in [0.15, 0.2) is 0 Å². The third-order valence-corrected chi connectivity index (χ3v) is 2.66. The van der Waals surface area contributed by atoms with Crippen LogP contribution in [-0.2, 0) is 29.0 Å². The minimum absolute atomic E-state index is 0.0353. The van der Waals surface area contributed by atoms with E-state index in [0.717, 1.165) is 11.3 Å². The van der Waals surface area contributed by atoms with Gasteiger partial charge < -0.3 is 19.8 Å². The number of methoxy groups -OCH3 is 1. The Morgan fingerprint density at radius 2 is 2.18 bits per heavy atom. The van der Waals surface area contributed by atoms with Crippen LogP contribution < -0.4 is 10.9 Å². The van der Waals surface area contributed by atoms with Crippen molar-refractivity contribution < 1.29 is 9.47 Å². The first-order chi connectivity index (χ1) is 8.31. The van der Waals surface area contributed by atoms with Gasteiger partial charge in [0.2, 0.25) is 0 Å². The van der Waals surface area contributed by atoms with Crippen LogP contribution in [0.1, 0.15) is 17.1 Å². The average molecular weight is 239 g/mol. The van der Waals surface area contributed by atoms with Crippen molar-refractivity contribution in [2.24, 2.45) is 0 Å². The monoisotopic (exact) mass is 239 g/mol. The molecule has 1 aromatic rings. The van der Waals surface area contributed by atoms with Crippen molar-refractivity contribution in [2.75, 3.05) is 26.9 Å². The fraction of sp³-hybridized carbons (Fsp3) is 0.636. The Morgan fingerprint density at radius 1 is 1.29 bits per heavy atom. The molecular weight excluding hydrogens is 222 g/mol. The van der Waals surface area contributed by atoms with E-state index in [-0.39, 0.29) is 5.56 Å². The summed E-state index contributed by atoms with van der Waals surface area (Å²) in [7, 11) is 1.63. The van der Waals surface area contributed by atoms with E-state index >= 15 is 0 Å². The first kappa shape index (κ1) is 12.2. The highest BCUT2D eigenvalue weighted by molar-refractivity contribution is 5.21. The molecule has 0 aliphatic carbocycles. The van der Waals surface area contributed by atoms with Crippen LogP contribution in [0.2, 0.25) is 0 Å². The Bertz CT molecular complexity index is 430. The number of aromatic amines is 1. The topological polar surface area (TPSA) is 76.2 Å². The number of H-pyrrole nitrogens is 1. The van der Waals surface area contributed by atoms with Crippen LogP contribution in [0.25, 0.3) is 0 Å². The number of rotatable bonds is 6. The molecule has 6 nitrogen and oxygen atoms in total. The van der Waals surface area contributed by atoms with E-state index in [4.69, 9.17) is 9.47 Å². The van der Waals surface area contributed by atoms with E-state index in [2.05, 4.69) is 15.3 Å². The van der Waals surface area contributed by atoms with Gasteiger partial charge in [-0.25, -0.2) is 4.98 Å². The number of hydrogen-bond donors (Lipinski definition) is 2. The van der Waals surface area contributed by atoms with Crippen LogP contribution in [0, 0.1) is 0 Å². The molecule has 0 spiro atoms. The first-order valence-corrected chi connectivity index (χ1v) is 5.69. The Balaban J connectivity index is 1.89. The second kappa shape index (κ2) is 5.90. The van der Waals surface area contributed by atoms with Gasteiger partial charge >= 0.3 is 0 Å². The second-order valence-electron chi connectivity index (χ2n) is 3.90. The molecule has 0 saturated heterocycles. The van der Waals surface area contributed by atoms with E-state index in [1.165, 1.54) is 0 Å². The van der Waals surface area contributed by atoms with Crippen molar-refractivity contribution in [3.05, 3.63) is 27.4 Å². The quantitative estimate of drug-likeness (QED) is 0.659. The molecular formula is C11H17N3O3. The first-order valence-electron chi connectivity index (χ1n) is 5.69. The van der Waals surface area contributed by atoms with Crippen LogP contribution in [0.5, 0.6) is 0 Å². The molecule has 17 heavy (non-hydrogen) atoms. The largest absolute Gasteiger partial charge is 0.382 e. The maximum atomic E-state index is 11.7. The summed E-state index contributed by atoms with van der Waals surface area (Å²) in [6, 6.07) is 0. The lowest BCUT2D eigenvalue weighted by Gasteiger charge is -2.04. The number of ether oxygens (including phenoxy) is 2. The van der Waals surface area contributed by atoms with Gasteiger partial charge in [-0.2, -0.15) is 0 Å². The highest BCUT2D eigenvalue weighted by Crippen LogP contribution is 2.07. The molecule has 0 atom stereocenters. The summed E-state index contributed by atoms with van der Waals surface area (Å²) in [6.45, 7) is 2.98. The molecule has 0 radical (unpaired) electrons. The van der Waals surface area contributed by atoms with E-state index in [0.29, 0.717) is 45.2 Å². The molecule has 6 heteroatoms. The molecule has 0 saturated carbocycles. The lowest BCUT2D eigenvalue weighted by atomic mass is 10.2. The summed E-state index contributed by atoms with van der Waals surface area (Å²) >= 11 is 0. The van der Waals surface area contributed by atoms with Gasteiger partial charge in [-0.15, -0.1) is 0 Å². The van der Waals surface area contributed by atoms with Gasteiger partial charge in [0.1, 0.15) is 5.82 Å². The molecule has 0 unspecified atom stereocenters. The highest BCUT2D eigenvalue weighted by atomic mass is 16.5. The fourth-order valence-corrected chi connectivity index (χ4v) is 1.76. The van der Waals surface area contributed by atoms with Crippen LogP contribution in [-0.4, -0.2) is 36.9 Å². The molecule has 0 aromatic carbocycles. The molecule has 1 aliphatic rings. The Labute approximate surface area is 99.4 Å². The molecule has 2 heterocycles. The summed E-state index contributed by atoms with van der Waals surface area (Å²) in [5.41, 5.74) is 1.58. The SMILES string of the molecule is COCCOCCc1nc2c(c(=O)[nH]1)CNC2. The Hall–Kier alpha value is -1.24. The van der Waals surface area contributed by atoms with Crippen molar-refractivity contribution in [3.8, 4) is 0 Å². The van der Waals surface area contributed by atoms with Gasteiger partial charge in [-0.05, 0) is 0 Å². The minimum Gasteiger partial charge on any atom is -0.382 e. The number of aromatic nitrogens is 2. The average Bonchev–Trinajstić information content (AvgIpc) is 2.77. The summed E-state index contributed by atoms with van der Waals surface area (Å²) in [5, 5.41) is 3.11. The normalized spacial score (nSPS) is 13.9. The van der Waals surface area contributed by atoms with E-state index in [1.54, 1.807) is 7.11 Å². The number of fused-ring (bicyclic) bond motifs is 1. The van der Waals surface area contributed by atoms with Gasteiger partial charge in [0.05, 0.1) is 31.1 Å². The molecule has 1 aliphatic heterocycles. The van der Waals surface area contributed by atoms with E-state index in [1.807, 2.05) is 0 Å². The van der Waals surface area contributed by atoms with Crippen molar-refractivity contribution in [2.45, 2.75) is 19.5 Å². The Kier molecular flexibility index (Phi) is 4.24. The van der Waals surface area contributed by atoms with Crippen molar-refractivity contribution in [3.63, 3.8) is 0 Å². The lowest BCUT2D eigenvalue weighted by molar-refractivity contribution is 0.0716. The Morgan fingerprint density at radius 3 is 3.00 bits per heavy atom. The third kappa shape index (κ3) is 3.12. The van der Waals surface area contributed by atoms with Crippen molar-refractivity contribution >= 4 is 0 Å². The predicted molar refractivity (Wildman–Crippen MR) is 61.8 cm³/mol. The molecule has 0 amide bonds. The third-order valence-electron chi connectivity index (χ3n) is 2.66. The maximum Gasteiger partial charge on any atom is 0.255 e. The van der Waals surface area contributed by atoms with Gasteiger partial charge in [-0.1, -0.05) is 0 Å². The van der Waals surface area contributed by atoms with Crippen LogP contribution in [0.15, 0.2) is 4.79 Å². The zero-order valence-corrected chi connectivity index (χ0v) is 9.91. The summed E-state index contributed by atoms with van der Waals surface area (Å²) < 4.78 is 10.2. The zero-order valence-electron chi connectivity index (χ0n) is 9.91. The summed E-state index contributed by atoms with van der Waals surface area (Å²) in [5.74, 6) is 0.690. The van der Waals surface area contributed by atoms with Crippen LogP contribution >= 0.6 is 0 Å². The predicted octanol–water partition coefficient (Wildman–Crippen LogP) is -0.421. The molecule has 0 fully saturated rings. The molecule has 2 rings (SSSR count). The highest BCUT2D eigenvalue weighted by Gasteiger charge is 2.16. The van der Waals surface area contributed by atoms with Gasteiger partial charge in [0.25, 0.3) is 5.56 Å². The molecule has 1 aromatic heterocycles. The fourth-order valence-electron chi connectivity index (χ4n) is 1.76. The minimum atomic E-state index is -0.0353. The van der Waals surface area contributed by atoms with Crippen LogP contribution in [0.3, 0.4) is 0 Å². The zero-order chi connectivity index (χ0) is 12.1. The van der Waals surface area contributed by atoms with Crippen LogP contribution in [0.4, 0.5) is 0 Å². The summed E-state index contributed by atoms with van der Waals surface area (Å²) in [4.78, 5) is 18.9. The van der Waals surface area contributed by atoms with E-state index < -0.39 is 0 Å². The van der Waals surface area contributed by atoms with Gasteiger partial charge in [-0.3, -0.25) is 4.79 Å². The number of nitrogens with one attached hydrogen (secondary N) is 2. The maximum absolute atomic E-state index is 11.7. The van der Waals surface area contributed by atoms with E-state index in [9.17, 15) is 4.79 Å². The summed E-state index contributed by atoms with van der Waals surface area (Å²) in [6.07, 6.45) is 0.617. The van der Waals surface area contributed by atoms with Crippen molar-refractivity contribution in [1.29, 1.82) is 0 Å².